The molecule has 0 aliphatic heterocycles. The van der Waals surface area contributed by atoms with E-state index in [-0.39, 0.29) is 19.0 Å². The average molecular weight is 278 g/mol. The summed E-state index contributed by atoms with van der Waals surface area (Å²) >= 11 is 1.39. The minimum absolute atomic E-state index is 0.0324. The van der Waals surface area contributed by atoms with Crippen LogP contribution in [0.25, 0.3) is 0 Å². The summed E-state index contributed by atoms with van der Waals surface area (Å²) in [7, 11) is 1.52. The van der Waals surface area contributed by atoms with E-state index < -0.39 is 0 Å². The second-order valence-electron chi connectivity index (χ2n) is 3.83. The maximum atomic E-state index is 11.8. The number of aliphatic hydroxyl groups is 1. The summed E-state index contributed by atoms with van der Waals surface area (Å²) in [6.45, 7) is -0.0971. The molecule has 0 spiro atoms. The highest BCUT2D eigenvalue weighted by molar-refractivity contribution is 7.12. The number of hydrogen-bond acceptors (Lipinski definition) is 5. The van der Waals surface area contributed by atoms with Gasteiger partial charge in [0.25, 0.3) is 0 Å². The summed E-state index contributed by atoms with van der Waals surface area (Å²) in [4.78, 5) is 12.5. The molecule has 0 unspecified atom stereocenters. The highest BCUT2D eigenvalue weighted by Crippen LogP contribution is 2.28. The number of Topliss-reactive ketones (excluding diaryl/α,β-unsaturated/α-hetero) is 1. The van der Waals surface area contributed by atoms with E-state index in [1.165, 1.54) is 18.4 Å². The van der Waals surface area contributed by atoms with Gasteiger partial charge in [0.05, 0.1) is 18.6 Å². The Hall–Kier alpha value is -1.85. The Morgan fingerprint density at radius 3 is 2.79 bits per heavy atom. The molecule has 1 aromatic carbocycles. The minimum atomic E-state index is -0.0664. The Kier molecular flexibility index (Phi) is 4.54. The van der Waals surface area contributed by atoms with Crippen molar-refractivity contribution in [3.63, 3.8) is 0 Å². The Morgan fingerprint density at radius 2 is 2.16 bits per heavy atom. The van der Waals surface area contributed by atoms with Crippen molar-refractivity contribution >= 4 is 17.1 Å². The zero-order valence-electron chi connectivity index (χ0n) is 10.5. The van der Waals surface area contributed by atoms with Gasteiger partial charge in [0, 0.05) is 0 Å². The topological polar surface area (TPSA) is 55.8 Å². The Labute approximate surface area is 115 Å². The van der Waals surface area contributed by atoms with Gasteiger partial charge in [0.1, 0.15) is 0 Å². The maximum Gasteiger partial charge on any atom is 0.210 e. The summed E-state index contributed by atoms with van der Waals surface area (Å²) in [6.07, 6.45) is 0. The highest BCUT2D eigenvalue weighted by Gasteiger charge is 2.10. The largest absolute Gasteiger partial charge is 0.493 e. The van der Waals surface area contributed by atoms with Gasteiger partial charge in [0.2, 0.25) is 5.78 Å². The van der Waals surface area contributed by atoms with Crippen molar-refractivity contribution < 1.29 is 19.4 Å². The first-order valence-corrected chi connectivity index (χ1v) is 6.60. The third-order valence-corrected chi connectivity index (χ3v) is 3.48. The quantitative estimate of drug-likeness (QED) is 0.825. The molecule has 0 saturated heterocycles. The zero-order chi connectivity index (χ0) is 13.7. The number of ketones is 1. The summed E-state index contributed by atoms with van der Waals surface area (Å²) in [5.41, 5.74) is 0.730. The molecule has 0 bridgehead atoms. The van der Waals surface area contributed by atoms with E-state index in [1.807, 2.05) is 11.4 Å². The highest BCUT2D eigenvalue weighted by atomic mass is 32.1. The third kappa shape index (κ3) is 3.33. The second kappa shape index (κ2) is 6.36. The summed E-state index contributed by atoms with van der Waals surface area (Å²) in [6, 6.07) is 8.70. The lowest BCUT2D eigenvalue weighted by molar-refractivity contribution is 0.0923. The molecule has 4 nitrogen and oxygen atoms in total. The first-order valence-electron chi connectivity index (χ1n) is 5.72. The number of methoxy groups -OCH3 is 1. The predicted octanol–water partition coefficient (Wildman–Crippen LogP) is 2.51. The van der Waals surface area contributed by atoms with E-state index in [4.69, 9.17) is 14.6 Å². The van der Waals surface area contributed by atoms with Crippen molar-refractivity contribution in [3.8, 4) is 11.5 Å². The predicted molar refractivity (Wildman–Crippen MR) is 73.1 cm³/mol. The van der Waals surface area contributed by atoms with Crippen LogP contribution in [0.5, 0.6) is 11.5 Å². The molecule has 0 aliphatic carbocycles. The van der Waals surface area contributed by atoms with E-state index in [9.17, 15) is 4.79 Å². The van der Waals surface area contributed by atoms with Crippen molar-refractivity contribution in [2.24, 2.45) is 0 Å². The first-order chi connectivity index (χ1) is 9.24. The van der Waals surface area contributed by atoms with Gasteiger partial charge >= 0.3 is 0 Å². The van der Waals surface area contributed by atoms with Crippen LogP contribution in [0.1, 0.15) is 15.2 Å². The number of hydrogen-bond donors (Lipinski definition) is 1. The van der Waals surface area contributed by atoms with Gasteiger partial charge in [-0.3, -0.25) is 4.79 Å². The summed E-state index contributed by atoms with van der Waals surface area (Å²) in [5.74, 6) is 0.929. The van der Waals surface area contributed by atoms with E-state index in [0.29, 0.717) is 16.4 Å². The third-order valence-electron chi connectivity index (χ3n) is 2.57. The van der Waals surface area contributed by atoms with Gasteiger partial charge in [0.15, 0.2) is 18.1 Å². The Bertz CT molecular complexity index is 549. The van der Waals surface area contributed by atoms with Crippen LogP contribution in [-0.4, -0.2) is 24.6 Å². The first kappa shape index (κ1) is 13.6. The normalized spacial score (nSPS) is 10.2. The number of benzene rings is 1. The number of carbonyl (C=O) groups is 1. The molecular weight excluding hydrogens is 264 g/mol. The van der Waals surface area contributed by atoms with E-state index >= 15 is 0 Å². The molecule has 2 rings (SSSR count). The maximum absolute atomic E-state index is 11.8. The lowest BCUT2D eigenvalue weighted by Crippen LogP contribution is -2.10. The van der Waals surface area contributed by atoms with Crippen molar-refractivity contribution in [2.45, 2.75) is 6.61 Å². The summed E-state index contributed by atoms with van der Waals surface area (Å²) in [5, 5.41) is 10.9. The van der Waals surface area contributed by atoms with Crippen LogP contribution in [0, 0.1) is 0 Å². The number of ether oxygens (including phenoxy) is 2. The van der Waals surface area contributed by atoms with Crippen LogP contribution < -0.4 is 9.47 Å². The van der Waals surface area contributed by atoms with Crippen LogP contribution in [0.15, 0.2) is 35.7 Å². The number of rotatable bonds is 6. The smallest absolute Gasteiger partial charge is 0.210 e. The molecule has 1 heterocycles. The second-order valence-corrected chi connectivity index (χ2v) is 4.78. The molecule has 0 radical (unpaired) electrons. The van der Waals surface area contributed by atoms with Crippen LogP contribution in [0.3, 0.4) is 0 Å². The fourth-order valence-electron chi connectivity index (χ4n) is 1.58. The minimum Gasteiger partial charge on any atom is -0.493 e. The van der Waals surface area contributed by atoms with Gasteiger partial charge in [-0.05, 0) is 29.1 Å². The van der Waals surface area contributed by atoms with Crippen molar-refractivity contribution in [2.75, 3.05) is 13.7 Å². The van der Waals surface area contributed by atoms with Gasteiger partial charge in [-0.1, -0.05) is 12.1 Å². The van der Waals surface area contributed by atoms with E-state index in [2.05, 4.69) is 0 Å². The molecular formula is C14H14O4S. The van der Waals surface area contributed by atoms with Crippen LogP contribution in [0.2, 0.25) is 0 Å². The lowest BCUT2D eigenvalue weighted by atomic mass is 10.2. The van der Waals surface area contributed by atoms with E-state index in [0.717, 1.165) is 5.56 Å². The van der Waals surface area contributed by atoms with Gasteiger partial charge in [-0.15, -0.1) is 11.3 Å². The number of thiophene rings is 1. The van der Waals surface area contributed by atoms with Gasteiger partial charge in [-0.25, -0.2) is 0 Å². The number of aliphatic hydroxyl groups excluding tert-OH is 1. The monoisotopic (exact) mass is 278 g/mol. The molecule has 19 heavy (non-hydrogen) atoms. The van der Waals surface area contributed by atoms with Gasteiger partial charge < -0.3 is 14.6 Å². The van der Waals surface area contributed by atoms with Crippen LogP contribution in [-0.2, 0) is 6.61 Å². The number of carbonyl (C=O) groups excluding carboxylic acids is 1. The fourth-order valence-corrected chi connectivity index (χ4v) is 2.23. The van der Waals surface area contributed by atoms with Crippen molar-refractivity contribution in [1.29, 1.82) is 0 Å². The summed E-state index contributed by atoms with van der Waals surface area (Å²) < 4.78 is 10.6. The Balaban J connectivity index is 2.05. The van der Waals surface area contributed by atoms with Crippen molar-refractivity contribution in [3.05, 3.63) is 46.2 Å². The molecule has 0 saturated carbocycles. The molecule has 5 heteroatoms. The molecule has 0 fully saturated rings. The molecule has 0 amide bonds. The fraction of sp³-hybridized carbons (Fsp3) is 0.214. The molecule has 100 valence electrons. The van der Waals surface area contributed by atoms with E-state index in [1.54, 1.807) is 24.3 Å². The molecule has 1 aromatic heterocycles. The zero-order valence-corrected chi connectivity index (χ0v) is 11.3. The lowest BCUT2D eigenvalue weighted by Gasteiger charge is -2.10. The SMILES string of the molecule is COc1cc(CO)ccc1OCC(=O)c1cccs1. The van der Waals surface area contributed by atoms with Gasteiger partial charge in [-0.2, -0.15) is 0 Å². The molecule has 0 atom stereocenters. The molecule has 0 aliphatic rings. The van der Waals surface area contributed by atoms with Crippen molar-refractivity contribution in [1.82, 2.24) is 0 Å². The molecule has 2 aromatic rings. The standard InChI is InChI=1S/C14H14O4S/c1-17-13-7-10(8-15)4-5-12(13)18-9-11(16)14-3-2-6-19-14/h2-7,15H,8-9H2,1H3. The van der Waals surface area contributed by atoms with Crippen LogP contribution in [0.4, 0.5) is 0 Å². The Morgan fingerprint density at radius 1 is 1.32 bits per heavy atom. The average Bonchev–Trinajstić information content (AvgIpc) is 2.98. The molecule has 1 N–H and O–H groups in total. The van der Waals surface area contributed by atoms with Crippen LogP contribution >= 0.6 is 11.3 Å².